The van der Waals surface area contributed by atoms with E-state index in [0.717, 1.165) is 0 Å². The Bertz CT molecular complexity index is 273. The lowest BCUT2D eigenvalue weighted by Gasteiger charge is -2.20. The molecule has 1 heterocycles. The third-order valence-electron chi connectivity index (χ3n) is 3.39. The lowest BCUT2D eigenvalue weighted by atomic mass is 9.85. The maximum absolute atomic E-state index is 12.0. The first kappa shape index (κ1) is 12.2. The molecule has 0 aromatic carbocycles. The smallest absolute Gasteiger partial charge is 0.226 e. The van der Waals surface area contributed by atoms with Gasteiger partial charge in [0.2, 0.25) is 5.91 Å². The summed E-state index contributed by atoms with van der Waals surface area (Å²) in [7, 11) is 1.78. The predicted octanol–water partition coefficient (Wildman–Crippen LogP) is 1.71. The largest absolute Gasteiger partial charge is 0.342 e. The summed E-state index contributed by atoms with van der Waals surface area (Å²) in [5.41, 5.74) is 0. The number of hydrogen-bond donors (Lipinski definition) is 0. The molecule has 0 radical (unpaired) electrons. The Balaban J connectivity index is 2.78. The first-order valence-electron chi connectivity index (χ1n) is 5.65. The molecule has 1 aliphatic heterocycles. The molecule has 1 saturated heterocycles. The summed E-state index contributed by atoms with van der Waals surface area (Å²) < 4.78 is 0. The average Bonchev–Trinajstić information content (AvgIpc) is 2.30. The number of ketones is 1. The lowest BCUT2D eigenvalue weighted by Crippen LogP contribution is -2.32. The average molecular weight is 211 g/mol. The van der Waals surface area contributed by atoms with Crippen LogP contribution in [-0.4, -0.2) is 29.7 Å². The van der Waals surface area contributed by atoms with Crippen molar-refractivity contribution in [1.82, 2.24) is 4.90 Å². The minimum absolute atomic E-state index is 0.0544. The molecule has 0 spiro atoms. The Morgan fingerprint density at radius 3 is 2.27 bits per heavy atom. The predicted molar refractivity (Wildman–Crippen MR) is 59.3 cm³/mol. The van der Waals surface area contributed by atoms with Gasteiger partial charge in [-0.05, 0) is 12.8 Å². The second kappa shape index (κ2) is 4.33. The summed E-state index contributed by atoms with van der Waals surface area (Å²) in [6.07, 6.45) is 0.584. The molecule has 0 N–H and O–H groups in total. The van der Waals surface area contributed by atoms with Gasteiger partial charge < -0.3 is 4.90 Å². The molecular formula is C12H21NO2. The summed E-state index contributed by atoms with van der Waals surface area (Å²) >= 11 is 0. The molecule has 0 aromatic rings. The third-order valence-corrected chi connectivity index (χ3v) is 3.39. The number of likely N-dealkylation sites (tertiary alicyclic amines) is 1. The number of nitrogens with zero attached hydrogens (tertiary/aromatic N) is 1. The van der Waals surface area contributed by atoms with Gasteiger partial charge in [-0.25, -0.2) is 0 Å². The summed E-state index contributed by atoms with van der Waals surface area (Å²) in [4.78, 5) is 25.4. The van der Waals surface area contributed by atoms with Crippen molar-refractivity contribution in [3.05, 3.63) is 0 Å². The normalized spacial score (nSPS) is 31.5. The van der Waals surface area contributed by atoms with E-state index in [0.29, 0.717) is 12.3 Å². The first-order chi connectivity index (χ1) is 6.86. The van der Waals surface area contributed by atoms with Crippen LogP contribution >= 0.6 is 0 Å². The van der Waals surface area contributed by atoms with E-state index in [1.54, 1.807) is 11.9 Å². The molecule has 3 unspecified atom stereocenters. The van der Waals surface area contributed by atoms with Gasteiger partial charge in [-0.2, -0.15) is 0 Å². The van der Waals surface area contributed by atoms with E-state index in [2.05, 4.69) is 0 Å². The molecule has 3 nitrogen and oxygen atoms in total. The Hall–Kier alpha value is -0.860. The van der Waals surface area contributed by atoms with Crippen LogP contribution in [-0.2, 0) is 9.59 Å². The molecule has 1 amide bonds. The summed E-state index contributed by atoms with van der Waals surface area (Å²) in [6, 6.07) is 0.0544. The van der Waals surface area contributed by atoms with E-state index in [1.165, 1.54) is 0 Å². The molecule has 0 aromatic heterocycles. The lowest BCUT2D eigenvalue weighted by molar-refractivity contribution is -0.131. The van der Waals surface area contributed by atoms with Gasteiger partial charge >= 0.3 is 0 Å². The quantitative estimate of drug-likeness (QED) is 0.712. The Labute approximate surface area is 91.8 Å². The molecule has 0 aliphatic carbocycles. The third kappa shape index (κ3) is 2.21. The van der Waals surface area contributed by atoms with Crippen molar-refractivity contribution < 1.29 is 9.59 Å². The van der Waals surface area contributed by atoms with Gasteiger partial charge in [0.1, 0.15) is 5.78 Å². The van der Waals surface area contributed by atoms with Gasteiger partial charge in [0, 0.05) is 31.3 Å². The maximum Gasteiger partial charge on any atom is 0.226 e. The number of amides is 1. The molecule has 0 bridgehead atoms. The Kier molecular flexibility index (Phi) is 3.53. The fraction of sp³-hybridized carbons (Fsp3) is 0.833. The van der Waals surface area contributed by atoms with Crippen molar-refractivity contribution in [3.63, 3.8) is 0 Å². The van der Waals surface area contributed by atoms with Crippen molar-refractivity contribution in [1.29, 1.82) is 0 Å². The Morgan fingerprint density at radius 2 is 1.93 bits per heavy atom. The SMILES string of the molecule is CC(C)CC(=O)C1C(C)C(=O)N(C)C1C. The Morgan fingerprint density at radius 1 is 1.40 bits per heavy atom. The van der Waals surface area contributed by atoms with Gasteiger partial charge in [-0.3, -0.25) is 9.59 Å². The number of hydrogen-bond acceptors (Lipinski definition) is 2. The van der Waals surface area contributed by atoms with E-state index < -0.39 is 0 Å². The van der Waals surface area contributed by atoms with E-state index in [1.807, 2.05) is 27.7 Å². The van der Waals surface area contributed by atoms with Gasteiger partial charge in [-0.15, -0.1) is 0 Å². The number of Topliss-reactive ketones (excluding diaryl/α,β-unsaturated/α-hetero) is 1. The summed E-state index contributed by atoms with van der Waals surface area (Å²) in [6.45, 7) is 7.90. The van der Waals surface area contributed by atoms with Crippen molar-refractivity contribution in [2.24, 2.45) is 17.8 Å². The standard InChI is InChI=1S/C12H21NO2/c1-7(2)6-10(14)11-8(3)12(15)13(5)9(11)4/h7-9,11H,6H2,1-5H3. The van der Waals surface area contributed by atoms with Crippen LogP contribution in [0.2, 0.25) is 0 Å². The summed E-state index contributed by atoms with van der Waals surface area (Å²) in [5, 5.41) is 0. The van der Waals surface area contributed by atoms with Gasteiger partial charge in [0.15, 0.2) is 0 Å². The zero-order chi connectivity index (χ0) is 11.7. The molecule has 0 saturated carbocycles. The highest BCUT2D eigenvalue weighted by molar-refractivity contribution is 5.92. The van der Waals surface area contributed by atoms with Crippen LogP contribution in [0.3, 0.4) is 0 Å². The number of carbonyl (C=O) groups is 2. The van der Waals surface area contributed by atoms with Crippen molar-refractivity contribution in [2.45, 2.75) is 40.2 Å². The molecule has 3 heteroatoms. The zero-order valence-corrected chi connectivity index (χ0v) is 10.3. The molecule has 3 atom stereocenters. The van der Waals surface area contributed by atoms with Crippen molar-refractivity contribution in [3.8, 4) is 0 Å². The van der Waals surface area contributed by atoms with Gasteiger partial charge in [-0.1, -0.05) is 20.8 Å². The van der Waals surface area contributed by atoms with E-state index in [9.17, 15) is 9.59 Å². The van der Waals surface area contributed by atoms with Crippen LogP contribution in [0.25, 0.3) is 0 Å². The van der Waals surface area contributed by atoms with Crippen LogP contribution in [0.15, 0.2) is 0 Å². The van der Waals surface area contributed by atoms with Gasteiger partial charge in [0.05, 0.1) is 0 Å². The molecule has 15 heavy (non-hydrogen) atoms. The highest BCUT2D eigenvalue weighted by Crippen LogP contribution is 2.31. The zero-order valence-electron chi connectivity index (χ0n) is 10.3. The van der Waals surface area contributed by atoms with Crippen LogP contribution in [0.5, 0.6) is 0 Å². The van der Waals surface area contributed by atoms with Crippen LogP contribution in [0.1, 0.15) is 34.1 Å². The van der Waals surface area contributed by atoms with Crippen LogP contribution in [0, 0.1) is 17.8 Å². The van der Waals surface area contributed by atoms with Gasteiger partial charge in [0.25, 0.3) is 0 Å². The fourth-order valence-electron chi connectivity index (χ4n) is 2.42. The van der Waals surface area contributed by atoms with E-state index >= 15 is 0 Å². The molecule has 1 rings (SSSR count). The summed E-state index contributed by atoms with van der Waals surface area (Å²) in [5.74, 6) is 0.464. The monoisotopic (exact) mass is 211 g/mol. The highest BCUT2D eigenvalue weighted by Gasteiger charge is 2.44. The molecule has 1 aliphatic rings. The second-order valence-corrected chi connectivity index (χ2v) is 5.07. The van der Waals surface area contributed by atoms with Crippen LogP contribution < -0.4 is 0 Å². The molecular weight excluding hydrogens is 190 g/mol. The van der Waals surface area contributed by atoms with E-state index in [-0.39, 0.29) is 29.6 Å². The van der Waals surface area contributed by atoms with Crippen molar-refractivity contribution >= 4 is 11.7 Å². The maximum atomic E-state index is 12.0. The topological polar surface area (TPSA) is 37.4 Å². The second-order valence-electron chi connectivity index (χ2n) is 5.07. The van der Waals surface area contributed by atoms with E-state index in [4.69, 9.17) is 0 Å². The number of rotatable bonds is 3. The molecule has 86 valence electrons. The number of carbonyl (C=O) groups excluding carboxylic acids is 2. The fourth-order valence-corrected chi connectivity index (χ4v) is 2.42. The van der Waals surface area contributed by atoms with Crippen LogP contribution in [0.4, 0.5) is 0 Å². The first-order valence-corrected chi connectivity index (χ1v) is 5.65. The minimum Gasteiger partial charge on any atom is -0.342 e. The van der Waals surface area contributed by atoms with Crippen molar-refractivity contribution in [2.75, 3.05) is 7.05 Å². The molecule has 1 fully saturated rings. The minimum atomic E-state index is -0.142. The highest BCUT2D eigenvalue weighted by atomic mass is 16.2.